The van der Waals surface area contributed by atoms with E-state index in [2.05, 4.69) is 22.3 Å². The summed E-state index contributed by atoms with van der Waals surface area (Å²) in [4.78, 5) is 2.70. The SMILES string of the molecule is Clc1ccc(C2(NC3CN(C4CCCCC4)CC[N]3)CC2)cc1. The Balaban J connectivity index is 1.39. The van der Waals surface area contributed by atoms with E-state index in [-0.39, 0.29) is 11.7 Å². The molecule has 1 heterocycles. The van der Waals surface area contributed by atoms with Crippen LogP contribution in [0.1, 0.15) is 50.5 Å². The Morgan fingerprint density at radius 2 is 1.83 bits per heavy atom. The number of hydrogen-bond acceptors (Lipinski definition) is 2. The second-order valence-corrected chi connectivity index (χ2v) is 7.88. The van der Waals surface area contributed by atoms with Crippen LogP contribution in [0, 0.1) is 0 Å². The molecule has 4 heteroatoms. The molecular formula is C19H27ClN3. The van der Waals surface area contributed by atoms with E-state index < -0.39 is 0 Å². The molecule has 1 aromatic carbocycles. The molecule has 0 spiro atoms. The van der Waals surface area contributed by atoms with Crippen LogP contribution >= 0.6 is 11.6 Å². The zero-order chi connectivity index (χ0) is 15.7. The predicted octanol–water partition coefficient (Wildman–Crippen LogP) is 3.50. The molecule has 3 aliphatic rings. The lowest BCUT2D eigenvalue weighted by molar-refractivity contribution is 0.0978. The summed E-state index contributed by atoms with van der Waals surface area (Å²) in [5.74, 6) is 0. The van der Waals surface area contributed by atoms with E-state index in [0.717, 1.165) is 30.7 Å². The van der Waals surface area contributed by atoms with Gasteiger partial charge < -0.3 is 0 Å². The molecule has 1 radical (unpaired) electrons. The first-order valence-electron chi connectivity index (χ1n) is 9.20. The van der Waals surface area contributed by atoms with Crippen LogP contribution in [0.15, 0.2) is 24.3 Å². The summed E-state index contributed by atoms with van der Waals surface area (Å²) >= 11 is 6.03. The Labute approximate surface area is 144 Å². The molecule has 0 amide bonds. The van der Waals surface area contributed by atoms with Gasteiger partial charge in [-0.25, -0.2) is 5.32 Å². The first-order chi connectivity index (χ1) is 11.3. The van der Waals surface area contributed by atoms with E-state index in [9.17, 15) is 0 Å². The van der Waals surface area contributed by atoms with Crippen LogP contribution < -0.4 is 10.6 Å². The summed E-state index contributed by atoms with van der Waals surface area (Å²) < 4.78 is 0. The van der Waals surface area contributed by atoms with Gasteiger partial charge in [-0.05, 0) is 43.4 Å². The molecule has 1 atom stereocenters. The highest BCUT2D eigenvalue weighted by Gasteiger charge is 2.46. The normalized spacial score (nSPS) is 28.7. The van der Waals surface area contributed by atoms with Gasteiger partial charge >= 0.3 is 0 Å². The Hall–Kier alpha value is -0.610. The van der Waals surface area contributed by atoms with Gasteiger partial charge in [0.05, 0.1) is 6.17 Å². The third-order valence-electron chi connectivity index (χ3n) is 5.82. The molecular weight excluding hydrogens is 306 g/mol. The number of nitrogens with zero attached hydrogens (tertiary/aromatic N) is 2. The second kappa shape index (κ2) is 6.72. The standard InChI is InChI=1S/C19H27ClN3/c20-16-8-6-15(7-9-16)19(10-11-19)22-18-14-23(13-12-21-18)17-4-2-1-3-5-17/h6-9,17-18,22H,1-5,10-14H2. The molecule has 4 rings (SSSR count). The Kier molecular flexibility index (Phi) is 4.64. The van der Waals surface area contributed by atoms with Crippen molar-refractivity contribution in [2.75, 3.05) is 19.6 Å². The van der Waals surface area contributed by atoms with Crippen LogP contribution in [-0.4, -0.2) is 36.7 Å². The lowest BCUT2D eigenvalue weighted by Crippen LogP contribution is -2.58. The first-order valence-corrected chi connectivity index (χ1v) is 9.57. The summed E-state index contributed by atoms with van der Waals surface area (Å²) in [6, 6.07) is 9.15. The molecule has 1 aliphatic heterocycles. The van der Waals surface area contributed by atoms with Crippen LogP contribution in [0.25, 0.3) is 0 Å². The maximum atomic E-state index is 6.03. The van der Waals surface area contributed by atoms with Gasteiger partial charge in [0.2, 0.25) is 0 Å². The number of halogens is 1. The molecule has 2 aliphatic carbocycles. The number of piperazine rings is 1. The Morgan fingerprint density at radius 1 is 1.09 bits per heavy atom. The summed E-state index contributed by atoms with van der Waals surface area (Å²) in [5, 5.41) is 9.54. The minimum atomic E-state index is 0.147. The van der Waals surface area contributed by atoms with Gasteiger partial charge in [-0.15, -0.1) is 0 Å². The third-order valence-corrected chi connectivity index (χ3v) is 6.08. The van der Waals surface area contributed by atoms with Crippen LogP contribution in [-0.2, 0) is 5.54 Å². The zero-order valence-electron chi connectivity index (χ0n) is 13.8. The molecule has 1 N–H and O–H groups in total. The highest BCUT2D eigenvalue weighted by molar-refractivity contribution is 6.30. The fourth-order valence-electron chi connectivity index (χ4n) is 4.31. The fourth-order valence-corrected chi connectivity index (χ4v) is 4.44. The minimum Gasteiger partial charge on any atom is -0.296 e. The van der Waals surface area contributed by atoms with Crippen molar-refractivity contribution in [1.29, 1.82) is 0 Å². The highest BCUT2D eigenvalue weighted by atomic mass is 35.5. The lowest BCUT2D eigenvalue weighted by atomic mass is 9.93. The maximum Gasteiger partial charge on any atom is 0.0872 e. The van der Waals surface area contributed by atoms with E-state index in [1.165, 1.54) is 50.5 Å². The minimum absolute atomic E-state index is 0.147. The average Bonchev–Trinajstić information content (AvgIpc) is 3.37. The molecule has 3 nitrogen and oxygen atoms in total. The number of nitrogens with one attached hydrogen (secondary N) is 1. The molecule has 1 saturated heterocycles. The van der Waals surface area contributed by atoms with Gasteiger partial charge in [0.15, 0.2) is 0 Å². The molecule has 0 aromatic heterocycles. The fraction of sp³-hybridized carbons (Fsp3) is 0.684. The molecule has 2 saturated carbocycles. The highest BCUT2D eigenvalue weighted by Crippen LogP contribution is 2.46. The van der Waals surface area contributed by atoms with Crippen molar-refractivity contribution < 1.29 is 0 Å². The molecule has 1 unspecified atom stereocenters. The third kappa shape index (κ3) is 3.58. The Morgan fingerprint density at radius 3 is 2.52 bits per heavy atom. The van der Waals surface area contributed by atoms with Crippen molar-refractivity contribution in [2.24, 2.45) is 0 Å². The van der Waals surface area contributed by atoms with Crippen LogP contribution in [0.2, 0.25) is 5.02 Å². The molecule has 125 valence electrons. The summed E-state index contributed by atoms with van der Waals surface area (Å²) in [6.07, 6.45) is 9.72. The van der Waals surface area contributed by atoms with E-state index >= 15 is 0 Å². The van der Waals surface area contributed by atoms with Gasteiger partial charge in [-0.3, -0.25) is 10.2 Å². The van der Waals surface area contributed by atoms with Gasteiger partial charge in [-0.1, -0.05) is 43.0 Å². The number of hydrogen-bond donors (Lipinski definition) is 1. The summed E-state index contributed by atoms with van der Waals surface area (Å²) in [7, 11) is 0. The number of rotatable bonds is 4. The van der Waals surface area contributed by atoms with Gasteiger partial charge in [0.25, 0.3) is 0 Å². The van der Waals surface area contributed by atoms with Gasteiger partial charge in [0, 0.05) is 36.2 Å². The van der Waals surface area contributed by atoms with Crippen LogP contribution in [0.4, 0.5) is 0 Å². The van der Waals surface area contributed by atoms with Crippen LogP contribution in [0.5, 0.6) is 0 Å². The topological polar surface area (TPSA) is 29.4 Å². The quantitative estimate of drug-likeness (QED) is 0.914. The van der Waals surface area contributed by atoms with E-state index in [4.69, 9.17) is 16.9 Å². The average molecular weight is 333 g/mol. The van der Waals surface area contributed by atoms with E-state index in [0.29, 0.717) is 0 Å². The number of benzene rings is 1. The van der Waals surface area contributed by atoms with Gasteiger partial charge in [-0.2, -0.15) is 0 Å². The van der Waals surface area contributed by atoms with Crippen molar-refractivity contribution in [2.45, 2.75) is 62.7 Å². The first kappa shape index (κ1) is 15.9. The summed E-state index contributed by atoms with van der Waals surface area (Å²) in [5.41, 5.74) is 1.51. The predicted molar refractivity (Wildman–Crippen MR) is 94.7 cm³/mol. The molecule has 3 fully saturated rings. The second-order valence-electron chi connectivity index (χ2n) is 7.44. The van der Waals surface area contributed by atoms with Crippen molar-refractivity contribution in [3.8, 4) is 0 Å². The van der Waals surface area contributed by atoms with Crippen molar-refractivity contribution in [3.63, 3.8) is 0 Å². The smallest absolute Gasteiger partial charge is 0.0872 e. The van der Waals surface area contributed by atoms with Crippen molar-refractivity contribution in [3.05, 3.63) is 34.9 Å². The van der Waals surface area contributed by atoms with Crippen molar-refractivity contribution >= 4 is 11.6 Å². The monoisotopic (exact) mass is 332 g/mol. The molecule has 0 bridgehead atoms. The Bertz CT molecular complexity index is 520. The molecule has 23 heavy (non-hydrogen) atoms. The zero-order valence-corrected chi connectivity index (χ0v) is 14.6. The largest absolute Gasteiger partial charge is 0.296 e. The maximum absolute atomic E-state index is 6.03. The van der Waals surface area contributed by atoms with E-state index in [1.54, 1.807) is 0 Å². The van der Waals surface area contributed by atoms with E-state index in [1.807, 2.05) is 12.1 Å². The van der Waals surface area contributed by atoms with Gasteiger partial charge in [0.1, 0.15) is 0 Å². The summed E-state index contributed by atoms with van der Waals surface area (Å²) in [6.45, 7) is 3.21. The van der Waals surface area contributed by atoms with Crippen molar-refractivity contribution in [1.82, 2.24) is 15.5 Å². The lowest BCUT2D eigenvalue weighted by Gasteiger charge is -2.41. The van der Waals surface area contributed by atoms with Crippen LogP contribution in [0.3, 0.4) is 0 Å². The molecule has 1 aromatic rings.